The Morgan fingerprint density at radius 2 is 1.35 bits per heavy atom. The van der Waals surface area contributed by atoms with E-state index in [0.29, 0.717) is 16.4 Å². The summed E-state index contributed by atoms with van der Waals surface area (Å²) in [6.45, 7) is 20.5. The van der Waals surface area contributed by atoms with E-state index in [2.05, 4.69) is 60.3 Å². The van der Waals surface area contributed by atoms with Crippen LogP contribution in [0.1, 0.15) is 74.7 Å². The van der Waals surface area contributed by atoms with Crippen molar-refractivity contribution in [3.05, 3.63) is 0 Å². The van der Waals surface area contributed by atoms with Gasteiger partial charge in [0.15, 0.2) is 0 Å². The molecule has 1 atom stereocenters. The van der Waals surface area contributed by atoms with E-state index in [9.17, 15) is 0 Å². The van der Waals surface area contributed by atoms with E-state index in [1.807, 2.05) is 0 Å². The molecule has 0 bridgehead atoms. The molecule has 0 aromatic carbocycles. The summed E-state index contributed by atoms with van der Waals surface area (Å²) in [5, 5.41) is 0. The molecule has 0 aromatic rings. The van der Waals surface area contributed by atoms with Crippen molar-refractivity contribution in [1.82, 2.24) is 4.90 Å². The lowest BCUT2D eigenvalue weighted by Gasteiger charge is -2.55. The summed E-state index contributed by atoms with van der Waals surface area (Å²) in [6, 6.07) is 0.719. The average Bonchev–Trinajstić information content (AvgIpc) is 2.14. The van der Waals surface area contributed by atoms with Crippen molar-refractivity contribution >= 4 is 0 Å². The van der Waals surface area contributed by atoms with Gasteiger partial charge in [0.25, 0.3) is 0 Å². The maximum Gasteiger partial charge on any atom is 0.0157 e. The second-order valence-corrected chi connectivity index (χ2v) is 8.35. The van der Waals surface area contributed by atoms with E-state index in [-0.39, 0.29) is 0 Å². The van der Waals surface area contributed by atoms with E-state index in [0.717, 1.165) is 6.04 Å². The Bertz CT molecular complexity index is 252. The zero-order valence-corrected chi connectivity index (χ0v) is 13.4. The molecule has 1 heterocycles. The number of likely N-dealkylation sites (tertiary alicyclic amines) is 1. The number of hydrogen-bond acceptors (Lipinski definition) is 1. The maximum atomic E-state index is 2.75. The minimum atomic E-state index is 0.299. The highest BCUT2D eigenvalue weighted by molar-refractivity contribution is 4.98. The van der Waals surface area contributed by atoms with Crippen molar-refractivity contribution in [2.45, 2.75) is 86.2 Å². The summed E-state index contributed by atoms with van der Waals surface area (Å²) in [7, 11) is 0. The van der Waals surface area contributed by atoms with Crippen LogP contribution < -0.4 is 0 Å². The molecule has 1 heteroatoms. The summed E-state index contributed by atoms with van der Waals surface area (Å²) < 4.78 is 0. The van der Waals surface area contributed by atoms with Gasteiger partial charge in [-0.25, -0.2) is 0 Å². The molecule has 1 aliphatic rings. The summed E-state index contributed by atoms with van der Waals surface area (Å²) >= 11 is 0. The molecule has 102 valence electrons. The third-order valence-electron chi connectivity index (χ3n) is 5.13. The summed E-state index contributed by atoms with van der Waals surface area (Å²) in [4.78, 5) is 2.75. The topological polar surface area (TPSA) is 3.24 Å². The van der Waals surface area contributed by atoms with Crippen molar-refractivity contribution in [2.24, 2.45) is 10.8 Å². The standard InChI is InChI=1S/C16H33N/c1-14(2,3)16(7,8)13-11-9-10-12-17(13)15(4,5)6/h13H,9-12H2,1-8H3. The monoisotopic (exact) mass is 239 g/mol. The van der Waals surface area contributed by atoms with Crippen LogP contribution in [0.2, 0.25) is 0 Å². The van der Waals surface area contributed by atoms with Crippen molar-refractivity contribution in [2.75, 3.05) is 6.54 Å². The van der Waals surface area contributed by atoms with Crippen LogP contribution in [0.15, 0.2) is 0 Å². The normalized spacial score (nSPS) is 25.1. The summed E-state index contributed by atoms with van der Waals surface area (Å²) in [6.07, 6.45) is 4.13. The van der Waals surface area contributed by atoms with Crippen LogP contribution in [0.4, 0.5) is 0 Å². The predicted molar refractivity (Wildman–Crippen MR) is 77.3 cm³/mol. The SMILES string of the molecule is CC(C)(C)N1CCCCC1C(C)(C)C(C)(C)C. The molecule has 0 aromatic heterocycles. The van der Waals surface area contributed by atoms with Crippen LogP contribution in [-0.2, 0) is 0 Å². The molecule has 1 saturated heterocycles. The largest absolute Gasteiger partial charge is 0.295 e. The van der Waals surface area contributed by atoms with Gasteiger partial charge in [-0.05, 0) is 51.0 Å². The molecule has 1 rings (SSSR count). The van der Waals surface area contributed by atoms with Crippen molar-refractivity contribution in [3.63, 3.8) is 0 Å². The van der Waals surface area contributed by atoms with Gasteiger partial charge < -0.3 is 0 Å². The lowest BCUT2D eigenvalue weighted by molar-refractivity contribution is -0.0571. The van der Waals surface area contributed by atoms with Gasteiger partial charge in [0, 0.05) is 11.6 Å². The van der Waals surface area contributed by atoms with E-state index in [1.54, 1.807) is 0 Å². The fourth-order valence-electron chi connectivity index (χ4n) is 2.98. The zero-order valence-electron chi connectivity index (χ0n) is 13.4. The Labute approximate surface area is 109 Å². The Hall–Kier alpha value is -0.0400. The van der Waals surface area contributed by atoms with Gasteiger partial charge in [-0.2, -0.15) is 0 Å². The van der Waals surface area contributed by atoms with Crippen LogP contribution in [0.25, 0.3) is 0 Å². The molecule has 1 unspecified atom stereocenters. The number of nitrogens with zero attached hydrogens (tertiary/aromatic N) is 1. The first-order valence-electron chi connectivity index (χ1n) is 7.24. The highest BCUT2D eigenvalue weighted by atomic mass is 15.2. The molecule has 0 aliphatic carbocycles. The number of rotatable bonds is 1. The lowest BCUT2D eigenvalue weighted by Crippen LogP contribution is -2.58. The Kier molecular flexibility index (Phi) is 4.04. The zero-order chi connectivity index (χ0) is 13.5. The fourth-order valence-corrected chi connectivity index (χ4v) is 2.98. The van der Waals surface area contributed by atoms with E-state index in [1.165, 1.54) is 25.8 Å². The van der Waals surface area contributed by atoms with E-state index >= 15 is 0 Å². The molecule has 0 radical (unpaired) electrons. The van der Waals surface area contributed by atoms with Crippen LogP contribution in [-0.4, -0.2) is 23.0 Å². The van der Waals surface area contributed by atoms with Crippen molar-refractivity contribution in [3.8, 4) is 0 Å². The van der Waals surface area contributed by atoms with Gasteiger partial charge in [0.2, 0.25) is 0 Å². The predicted octanol–water partition coefficient (Wildman–Crippen LogP) is 4.71. The van der Waals surface area contributed by atoms with E-state index in [4.69, 9.17) is 0 Å². The molecular formula is C16H33N. The Morgan fingerprint density at radius 1 is 0.824 bits per heavy atom. The Morgan fingerprint density at radius 3 is 1.76 bits per heavy atom. The quantitative estimate of drug-likeness (QED) is 0.640. The minimum absolute atomic E-state index is 0.299. The molecule has 1 nitrogen and oxygen atoms in total. The van der Waals surface area contributed by atoms with Gasteiger partial charge in [0.1, 0.15) is 0 Å². The highest BCUT2D eigenvalue weighted by Gasteiger charge is 2.45. The van der Waals surface area contributed by atoms with Crippen molar-refractivity contribution in [1.29, 1.82) is 0 Å². The van der Waals surface area contributed by atoms with Gasteiger partial charge in [-0.1, -0.05) is 41.0 Å². The molecule has 1 aliphatic heterocycles. The molecule has 0 amide bonds. The first kappa shape index (κ1) is 15.0. The molecule has 0 spiro atoms. The molecule has 0 N–H and O–H groups in total. The third kappa shape index (κ3) is 3.05. The van der Waals surface area contributed by atoms with Crippen LogP contribution >= 0.6 is 0 Å². The second kappa shape index (κ2) is 4.57. The van der Waals surface area contributed by atoms with Gasteiger partial charge in [0.05, 0.1) is 0 Å². The molecule has 0 saturated carbocycles. The molecular weight excluding hydrogens is 206 g/mol. The second-order valence-electron chi connectivity index (χ2n) is 8.35. The smallest absolute Gasteiger partial charge is 0.0157 e. The van der Waals surface area contributed by atoms with Crippen LogP contribution in [0.5, 0.6) is 0 Å². The lowest BCUT2D eigenvalue weighted by atomic mass is 9.62. The first-order chi connectivity index (χ1) is 7.48. The van der Waals surface area contributed by atoms with Gasteiger partial charge >= 0.3 is 0 Å². The Balaban J connectivity index is 3.00. The molecule has 17 heavy (non-hydrogen) atoms. The maximum absolute atomic E-state index is 2.75. The fraction of sp³-hybridized carbons (Fsp3) is 1.00. The van der Waals surface area contributed by atoms with Gasteiger partial charge in [-0.3, -0.25) is 4.90 Å². The van der Waals surface area contributed by atoms with Crippen molar-refractivity contribution < 1.29 is 0 Å². The first-order valence-corrected chi connectivity index (χ1v) is 7.24. The van der Waals surface area contributed by atoms with Gasteiger partial charge in [-0.15, -0.1) is 0 Å². The van der Waals surface area contributed by atoms with Crippen LogP contribution in [0.3, 0.4) is 0 Å². The molecule has 1 fully saturated rings. The summed E-state index contributed by atoms with van der Waals surface area (Å²) in [5.74, 6) is 0. The number of piperidine rings is 1. The highest BCUT2D eigenvalue weighted by Crippen LogP contribution is 2.47. The minimum Gasteiger partial charge on any atom is -0.295 e. The third-order valence-corrected chi connectivity index (χ3v) is 5.13. The average molecular weight is 239 g/mol. The van der Waals surface area contributed by atoms with E-state index < -0.39 is 0 Å². The number of hydrogen-bond donors (Lipinski definition) is 0. The summed E-state index contributed by atoms with van der Waals surface area (Å²) in [5.41, 5.74) is 1.02. The van der Waals surface area contributed by atoms with Crippen LogP contribution in [0, 0.1) is 10.8 Å².